The number of carbonyl (C=O) groups is 1. The second-order valence-corrected chi connectivity index (χ2v) is 8.50. The first kappa shape index (κ1) is 17.2. The normalized spacial score (nSPS) is 12.5. The summed E-state index contributed by atoms with van der Waals surface area (Å²) in [6.07, 6.45) is 3.66. The van der Waals surface area contributed by atoms with Crippen LogP contribution in [0.2, 0.25) is 0 Å². The lowest BCUT2D eigenvalue weighted by atomic mass is 10.00. The van der Waals surface area contributed by atoms with E-state index in [4.69, 9.17) is 0 Å². The number of H-pyrrole nitrogens is 1. The molecule has 0 aliphatic carbocycles. The molecule has 1 aliphatic rings. The van der Waals surface area contributed by atoms with Gasteiger partial charge in [0.2, 0.25) is 0 Å². The Labute approximate surface area is 176 Å². The zero-order chi connectivity index (χ0) is 20.1. The minimum absolute atomic E-state index is 0.121. The first-order valence-electron chi connectivity index (χ1n) is 9.79. The van der Waals surface area contributed by atoms with Crippen molar-refractivity contribution in [2.24, 2.45) is 4.99 Å². The van der Waals surface area contributed by atoms with Crippen LogP contribution < -0.4 is 5.32 Å². The predicted octanol–water partition coefficient (Wildman–Crippen LogP) is 6.23. The number of rotatable bonds is 3. The summed E-state index contributed by atoms with van der Waals surface area (Å²) < 4.78 is 1.26. The molecule has 0 fully saturated rings. The second kappa shape index (κ2) is 6.68. The standard InChI is InChI=1S/C25H17N3OS/c29-25(21-14-27-22-7-3-2-6-18(21)22)28-17-9-16-12-26-13-20(16)19(11-17)24-10-15-5-1-4-8-23(15)30-24/h1-12,14,27H,13H2,(H,28,29). The van der Waals surface area contributed by atoms with E-state index in [9.17, 15) is 4.79 Å². The number of nitrogens with zero attached hydrogens (tertiary/aromatic N) is 1. The zero-order valence-electron chi connectivity index (χ0n) is 16.0. The molecule has 5 aromatic rings. The summed E-state index contributed by atoms with van der Waals surface area (Å²) >= 11 is 1.77. The van der Waals surface area contributed by atoms with Crippen LogP contribution in [0.3, 0.4) is 0 Å². The number of para-hydroxylation sites is 1. The molecule has 4 nitrogen and oxygen atoms in total. The zero-order valence-corrected chi connectivity index (χ0v) is 16.8. The Morgan fingerprint density at radius 3 is 2.83 bits per heavy atom. The molecular weight excluding hydrogens is 390 g/mol. The second-order valence-electron chi connectivity index (χ2n) is 7.41. The highest BCUT2D eigenvalue weighted by molar-refractivity contribution is 7.22. The molecule has 0 bridgehead atoms. The van der Waals surface area contributed by atoms with Gasteiger partial charge in [-0.15, -0.1) is 11.3 Å². The van der Waals surface area contributed by atoms with Crippen molar-refractivity contribution in [3.8, 4) is 10.4 Å². The Balaban J connectivity index is 1.42. The van der Waals surface area contributed by atoms with Gasteiger partial charge in [-0.05, 0) is 46.8 Å². The Morgan fingerprint density at radius 1 is 1.03 bits per heavy atom. The molecule has 2 N–H and O–H groups in total. The lowest BCUT2D eigenvalue weighted by molar-refractivity contribution is 0.102. The molecule has 1 aliphatic heterocycles. The molecule has 1 amide bonds. The van der Waals surface area contributed by atoms with E-state index in [1.165, 1.54) is 20.5 Å². The fourth-order valence-corrected chi connectivity index (χ4v) is 5.19. The first-order valence-corrected chi connectivity index (χ1v) is 10.6. The van der Waals surface area contributed by atoms with Crippen LogP contribution in [0.25, 0.3) is 31.4 Å². The molecular formula is C25H17N3OS. The van der Waals surface area contributed by atoms with Crippen LogP contribution in [0, 0.1) is 0 Å². The largest absolute Gasteiger partial charge is 0.360 e. The van der Waals surface area contributed by atoms with Gasteiger partial charge in [0.1, 0.15) is 0 Å². The third kappa shape index (κ3) is 2.75. The number of thiophene rings is 1. The van der Waals surface area contributed by atoms with Crippen LogP contribution in [0.5, 0.6) is 0 Å². The molecule has 0 unspecified atom stereocenters. The molecule has 6 rings (SSSR count). The van der Waals surface area contributed by atoms with Gasteiger partial charge >= 0.3 is 0 Å². The average Bonchev–Trinajstić information content (AvgIpc) is 3.50. The molecule has 0 saturated heterocycles. The van der Waals surface area contributed by atoms with E-state index < -0.39 is 0 Å². The van der Waals surface area contributed by atoms with Gasteiger partial charge < -0.3 is 10.3 Å². The van der Waals surface area contributed by atoms with Gasteiger partial charge in [0.15, 0.2) is 0 Å². The maximum absolute atomic E-state index is 13.0. The van der Waals surface area contributed by atoms with Gasteiger partial charge in [-0.2, -0.15) is 0 Å². The van der Waals surface area contributed by atoms with Gasteiger partial charge in [-0.3, -0.25) is 9.79 Å². The third-order valence-electron chi connectivity index (χ3n) is 5.55. The number of fused-ring (bicyclic) bond motifs is 3. The van der Waals surface area contributed by atoms with E-state index in [1.54, 1.807) is 17.5 Å². The van der Waals surface area contributed by atoms with Crippen LogP contribution in [0.1, 0.15) is 21.5 Å². The number of aromatic amines is 1. The van der Waals surface area contributed by atoms with E-state index >= 15 is 0 Å². The maximum atomic E-state index is 13.0. The summed E-state index contributed by atoms with van der Waals surface area (Å²) in [5, 5.41) is 5.25. The number of hydrogen-bond donors (Lipinski definition) is 2. The molecule has 0 radical (unpaired) electrons. The Kier molecular flexibility index (Phi) is 3.82. The van der Waals surface area contributed by atoms with Gasteiger partial charge in [-0.25, -0.2) is 0 Å². The highest BCUT2D eigenvalue weighted by Gasteiger charge is 2.18. The molecule has 2 aromatic heterocycles. The van der Waals surface area contributed by atoms with E-state index in [2.05, 4.69) is 51.7 Å². The highest BCUT2D eigenvalue weighted by atomic mass is 32.1. The number of benzene rings is 3. The maximum Gasteiger partial charge on any atom is 0.257 e. The fourth-order valence-electron chi connectivity index (χ4n) is 4.09. The van der Waals surface area contributed by atoms with Crippen molar-refractivity contribution in [3.05, 3.63) is 89.6 Å². The number of nitrogens with one attached hydrogen (secondary N) is 2. The van der Waals surface area contributed by atoms with Crippen molar-refractivity contribution >= 4 is 50.1 Å². The van der Waals surface area contributed by atoms with Crippen molar-refractivity contribution in [3.63, 3.8) is 0 Å². The van der Waals surface area contributed by atoms with E-state index in [-0.39, 0.29) is 5.91 Å². The summed E-state index contributed by atoms with van der Waals surface area (Å²) in [5.74, 6) is -0.121. The summed E-state index contributed by atoms with van der Waals surface area (Å²) in [4.78, 5) is 21.8. The smallest absolute Gasteiger partial charge is 0.257 e. The predicted molar refractivity (Wildman–Crippen MR) is 125 cm³/mol. The fraction of sp³-hybridized carbons (Fsp3) is 0.0400. The summed E-state index contributed by atoms with van der Waals surface area (Å²) in [6.45, 7) is 0.676. The molecule has 144 valence electrons. The quantitative estimate of drug-likeness (QED) is 0.366. The lowest BCUT2D eigenvalue weighted by Gasteiger charge is -2.11. The lowest BCUT2D eigenvalue weighted by Crippen LogP contribution is -2.12. The van der Waals surface area contributed by atoms with Crippen LogP contribution in [-0.4, -0.2) is 17.1 Å². The number of hydrogen-bond acceptors (Lipinski definition) is 3. The van der Waals surface area contributed by atoms with Crippen molar-refractivity contribution in [1.29, 1.82) is 0 Å². The number of carbonyl (C=O) groups excluding carboxylic acids is 1. The van der Waals surface area contributed by atoms with E-state index in [0.29, 0.717) is 12.1 Å². The molecule has 3 aromatic carbocycles. The minimum Gasteiger partial charge on any atom is -0.360 e. The molecule has 30 heavy (non-hydrogen) atoms. The molecule has 0 saturated carbocycles. The van der Waals surface area contributed by atoms with E-state index in [0.717, 1.165) is 27.7 Å². The highest BCUT2D eigenvalue weighted by Crippen LogP contribution is 2.39. The number of anilines is 1. The van der Waals surface area contributed by atoms with Crippen LogP contribution >= 0.6 is 11.3 Å². The third-order valence-corrected chi connectivity index (χ3v) is 6.70. The molecule has 5 heteroatoms. The Bertz CT molecular complexity index is 1440. The summed E-state index contributed by atoms with van der Waals surface area (Å²) in [7, 11) is 0. The average molecular weight is 407 g/mol. The van der Waals surface area contributed by atoms with Gasteiger partial charge in [0.25, 0.3) is 5.91 Å². The number of amides is 1. The topological polar surface area (TPSA) is 57.2 Å². The first-order chi connectivity index (χ1) is 14.8. The van der Waals surface area contributed by atoms with Crippen LogP contribution in [0.15, 0.2) is 77.9 Å². The number of aromatic nitrogens is 1. The summed E-state index contributed by atoms with van der Waals surface area (Å²) in [6, 6.07) is 22.5. The van der Waals surface area contributed by atoms with Crippen molar-refractivity contribution in [2.75, 3.05) is 5.32 Å². The van der Waals surface area contributed by atoms with Gasteiger partial charge in [0, 0.05) is 44.1 Å². The molecule has 0 spiro atoms. The molecule has 0 atom stereocenters. The monoisotopic (exact) mass is 407 g/mol. The van der Waals surface area contributed by atoms with Crippen molar-refractivity contribution < 1.29 is 4.79 Å². The number of aliphatic imine (C=N–C) groups is 1. The Hall–Kier alpha value is -3.70. The Morgan fingerprint density at radius 2 is 1.90 bits per heavy atom. The minimum atomic E-state index is -0.121. The van der Waals surface area contributed by atoms with Crippen LogP contribution in [-0.2, 0) is 6.54 Å². The van der Waals surface area contributed by atoms with Crippen molar-refractivity contribution in [2.45, 2.75) is 6.54 Å². The van der Waals surface area contributed by atoms with Gasteiger partial charge in [0.05, 0.1) is 12.1 Å². The van der Waals surface area contributed by atoms with E-state index in [1.807, 2.05) is 36.5 Å². The molecule has 3 heterocycles. The SMILES string of the molecule is O=C(Nc1cc2c(c(-c3cc4ccccc4s3)c1)CN=C2)c1c[nH]c2ccccc12. The van der Waals surface area contributed by atoms with Crippen LogP contribution in [0.4, 0.5) is 5.69 Å². The summed E-state index contributed by atoms with van der Waals surface area (Å²) in [5.41, 5.74) is 5.80. The van der Waals surface area contributed by atoms with Gasteiger partial charge in [-0.1, -0.05) is 36.4 Å². The van der Waals surface area contributed by atoms with Crippen molar-refractivity contribution in [1.82, 2.24) is 4.98 Å².